The molecule has 0 saturated carbocycles. The van der Waals surface area contributed by atoms with Crippen LogP contribution >= 0.6 is 11.3 Å². The SMILES string of the molecule is CC(=O)C(O[Si](C)(C)C(C)(C)C)c1cccs1. The smallest absolute Gasteiger partial charge is 0.193 e. The molecule has 0 aliphatic rings. The summed E-state index contributed by atoms with van der Waals surface area (Å²) in [5, 5.41) is 2.11. The van der Waals surface area contributed by atoms with Gasteiger partial charge in [0.25, 0.3) is 0 Å². The van der Waals surface area contributed by atoms with Gasteiger partial charge in [-0.05, 0) is 36.5 Å². The first-order valence-corrected chi connectivity index (χ1v) is 9.65. The maximum absolute atomic E-state index is 11.8. The molecule has 2 nitrogen and oxygen atoms in total. The van der Waals surface area contributed by atoms with E-state index in [1.807, 2.05) is 17.5 Å². The summed E-state index contributed by atoms with van der Waals surface area (Å²) < 4.78 is 6.21. The quantitative estimate of drug-likeness (QED) is 0.758. The van der Waals surface area contributed by atoms with Crippen LogP contribution in [0.3, 0.4) is 0 Å². The van der Waals surface area contributed by atoms with Crippen molar-refractivity contribution >= 4 is 25.4 Å². The predicted molar refractivity (Wildman–Crippen MR) is 76.0 cm³/mol. The van der Waals surface area contributed by atoms with Crippen molar-refractivity contribution < 1.29 is 9.22 Å². The average Bonchev–Trinajstić information content (AvgIpc) is 2.64. The van der Waals surface area contributed by atoms with E-state index in [2.05, 4.69) is 33.9 Å². The largest absolute Gasteiger partial charge is 0.402 e. The van der Waals surface area contributed by atoms with Gasteiger partial charge < -0.3 is 4.43 Å². The minimum Gasteiger partial charge on any atom is -0.402 e. The Hall–Kier alpha value is -0.453. The summed E-state index contributed by atoms with van der Waals surface area (Å²) in [6, 6.07) is 3.94. The lowest BCUT2D eigenvalue weighted by Crippen LogP contribution is -2.42. The predicted octanol–water partition coefficient (Wildman–Crippen LogP) is 4.40. The van der Waals surface area contributed by atoms with Crippen molar-refractivity contribution in [3.8, 4) is 0 Å². The van der Waals surface area contributed by atoms with Gasteiger partial charge in [-0.1, -0.05) is 26.8 Å². The second kappa shape index (κ2) is 5.04. The highest BCUT2D eigenvalue weighted by atomic mass is 32.1. The van der Waals surface area contributed by atoms with Gasteiger partial charge in [-0.3, -0.25) is 4.79 Å². The Bertz CT molecular complexity index is 377. The molecule has 1 rings (SSSR count). The summed E-state index contributed by atoms with van der Waals surface area (Å²) in [7, 11) is -1.90. The number of rotatable bonds is 4. The molecule has 96 valence electrons. The molecular formula is C13H22O2SSi. The van der Waals surface area contributed by atoms with E-state index in [4.69, 9.17) is 4.43 Å². The molecule has 1 aromatic rings. The minimum atomic E-state index is -1.90. The fourth-order valence-corrected chi connectivity index (χ4v) is 3.38. The van der Waals surface area contributed by atoms with Crippen molar-refractivity contribution in [3.63, 3.8) is 0 Å². The Morgan fingerprint density at radius 3 is 2.35 bits per heavy atom. The fraction of sp³-hybridized carbons (Fsp3) is 0.615. The van der Waals surface area contributed by atoms with Crippen LogP contribution in [-0.2, 0) is 9.22 Å². The van der Waals surface area contributed by atoms with Crippen molar-refractivity contribution in [3.05, 3.63) is 22.4 Å². The van der Waals surface area contributed by atoms with Crippen molar-refractivity contribution in [1.82, 2.24) is 0 Å². The van der Waals surface area contributed by atoms with E-state index in [0.717, 1.165) is 4.88 Å². The van der Waals surface area contributed by atoms with Crippen LogP contribution in [-0.4, -0.2) is 14.1 Å². The summed E-state index contributed by atoms with van der Waals surface area (Å²) in [5.74, 6) is 0.0947. The normalized spacial score (nSPS) is 14.7. The molecule has 0 aliphatic carbocycles. The molecule has 0 fully saturated rings. The zero-order chi connectivity index (χ0) is 13.3. The molecule has 1 aromatic heterocycles. The molecule has 17 heavy (non-hydrogen) atoms. The second-order valence-corrected chi connectivity index (χ2v) is 11.6. The summed E-state index contributed by atoms with van der Waals surface area (Å²) in [4.78, 5) is 12.8. The first kappa shape index (κ1) is 14.6. The van der Waals surface area contributed by atoms with Gasteiger partial charge in [0.15, 0.2) is 14.1 Å². The van der Waals surface area contributed by atoms with Gasteiger partial charge in [-0.25, -0.2) is 0 Å². The van der Waals surface area contributed by atoms with Crippen LogP contribution < -0.4 is 0 Å². The fourth-order valence-electron chi connectivity index (χ4n) is 1.25. The van der Waals surface area contributed by atoms with E-state index < -0.39 is 8.32 Å². The van der Waals surface area contributed by atoms with E-state index in [1.54, 1.807) is 18.3 Å². The molecule has 0 aromatic carbocycles. The molecule has 1 unspecified atom stereocenters. The van der Waals surface area contributed by atoms with Crippen molar-refractivity contribution in [2.45, 2.75) is 51.9 Å². The molecule has 0 N–H and O–H groups in total. The Morgan fingerprint density at radius 2 is 2.00 bits per heavy atom. The average molecular weight is 270 g/mol. The number of ketones is 1. The number of hydrogen-bond acceptors (Lipinski definition) is 3. The number of carbonyl (C=O) groups is 1. The van der Waals surface area contributed by atoms with Gasteiger partial charge in [0, 0.05) is 4.88 Å². The van der Waals surface area contributed by atoms with Crippen molar-refractivity contribution in [2.24, 2.45) is 0 Å². The molecule has 1 atom stereocenters. The maximum atomic E-state index is 11.8. The van der Waals surface area contributed by atoms with Crippen molar-refractivity contribution in [1.29, 1.82) is 0 Å². The van der Waals surface area contributed by atoms with Gasteiger partial charge >= 0.3 is 0 Å². The first-order valence-electron chi connectivity index (χ1n) is 5.87. The highest BCUT2D eigenvalue weighted by Crippen LogP contribution is 2.40. The monoisotopic (exact) mass is 270 g/mol. The lowest BCUT2D eigenvalue weighted by molar-refractivity contribution is -0.124. The third kappa shape index (κ3) is 3.50. The highest BCUT2D eigenvalue weighted by Gasteiger charge is 2.40. The second-order valence-electron chi connectivity index (χ2n) is 5.88. The standard InChI is InChI=1S/C13H22O2SSi/c1-10(14)12(11-8-7-9-16-11)15-17(5,6)13(2,3)4/h7-9,12H,1-6H3. The molecule has 0 saturated heterocycles. The Morgan fingerprint density at radius 1 is 1.41 bits per heavy atom. The Labute approximate surface area is 109 Å². The van der Waals surface area contributed by atoms with E-state index in [0.29, 0.717) is 0 Å². The van der Waals surface area contributed by atoms with Crippen LogP contribution in [0.25, 0.3) is 0 Å². The topological polar surface area (TPSA) is 26.3 Å². The number of thiophene rings is 1. The number of Topliss-reactive ketones (excluding diaryl/α,β-unsaturated/α-hetero) is 1. The van der Waals surface area contributed by atoms with Gasteiger partial charge in [-0.2, -0.15) is 0 Å². The first-order chi connectivity index (χ1) is 7.65. The molecule has 4 heteroatoms. The van der Waals surface area contributed by atoms with Crippen LogP contribution in [0, 0.1) is 0 Å². The summed E-state index contributed by atoms with van der Waals surface area (Å²) in [5.41, 5.74) is 0. The zero-order valence-corrected chi connectivity index (χ0v) is 13.4. The number of hydrogen-bond donors (Lipinski definition) is 0. The van der Waals surface area contributed by atoms with Gasteiger partial charge in [0.05, 0.1) is 0 Å². The molecular weight excluding hydrogens is 248 g/mol. The van der Waals surface area contributed by atoms with Crippen LogP contribution in [0.4, 0.5) is 0 Å². The molecule has 0 aliphatic heterocycles. The van der Waals surface area contributed by atoms with Crippen molar-refractivity contribution in [2.75, 3.05) is 0 Å². The van der Waals surface area contributed by atoms with Gasteiger partial charge in [0.1, 0.15) is 6.10 Å². The lowest BCUT2D eigenvalue weighted by Gasteiger charge is -2.38. The van der Waals surface area contributed by atoms with E-state index in [1.165, 1.54) is 0 Å². The number of carbonyl (C=O) groups excluding carboxylic acids is 1. The van der Waals surface area contributed by atoms with Crippen LogP contribution in [0.1, 0.15) is 38.7 Å². The minimum absolute atomic E-state index is 0.0947. The highest BCUT2D eigenvalue weighted by molar-refractivity contribution is 7.10. The molecule has 0 amide bonds. The molecule has 0 bridgehead atoms. The molecule has 0 spiro atoms. The zero-order valence-electron chi connectivity index (χ0n) is 11.5. The molecule has 0 radical (unpaired) electrons. The summed E-state index contributed by atoms with van der Waals surface area (Å²) in [6.07, 6.45) is -0.379. The van der Waals surface area contributed by atoms with E-state index in [9.17, 15) is 4.79 Å². The van der Waals surface area contributed by atoms with Crippen LogP contribution in [0.15, 0.2) is 17.5 Å². The van der Waals surface area contributed by atoms with E-state index in [-0.39, 0.29) is 16.9 Å². The van der Waals surface area contributed by atoms with Crippen LogP contribution in [0.2, 0.25) is 18.1 Å². The lowest BCUT2D eigenvalue weighted by atomic mass is 10.2. The Kier molecular flexibility index (Phi) is 4.33. The summed E-state index contributed by atoms with van der Waals surface area (Å²) >= 11 is 1.59. The molecule has 1 heterocycles. The van der Waals surface area contributed by atoms with Crippen LogP contribution in [0.5, 0.6) is 0 Å². The Balaban J connectivity index is 2.93. The van der Waals surface area contributed by atoms with E-state index >= 15 is 0 Å². The third-order valence-corrected chi connectivity index (χ3v) is 8.74. The van der Waals surface area contributed by atoms with Gasteiger partial charge in [-0.15, -0.1) is 11.3 Å². The maximum Gasteiger partial charge on any atom is 0.193 e. The summed E-state index contributed by atoms with van der Waals surface area (Å²) in [6.45, 7) is 12.5. The third-order valence-electron chi connectivity index (χ3n) is 3.39. The van der Waals surface area contributed by atoms with Gasteiger partial charge in [0.2, 0.25) is 0 Å².